The van der Waals surface area contributed by atoms with Crippen molar-refractivity contribution in [1.82, 2.24) is 10.6 Å². The molecular weight excluding hydrogens is 366 g/mol. The maximum atomic E-state index is 6.02. The molecule has 7 heteroatoms. The van der Waals surface area contributed by atoms with E-state index in [0.717, 1.165) is 23.6 Å². The van der Waals surface area contributed by atoms with E-state index < -0.39 is 0 Å². The van der Waals surface area contributed by atoms with E-state index >= 15 is 0 Å². The van der Waals surface area contributed by atoms with Gasteiger partial charge >= 0.3 is 0 Å². The van der Waals surface area contributed by atoms with Gasteiger partial charge in [-0.1, -0.05) is 23.7 Å². The molecule has 146 valence electrons. The van der Waals surface area contributed by atoms with Gasteiger partial charge in [0.2, 0.25) is 0 Å². The highest BCUT2D eigenvalue weighted by atomic mass is 35.5. The molecule has 0 heterocycles. The zero-order valence-electron chi connectivity index (χ0n) is 16.1. The molecular formula is C20H26ClN3O3. The fourth-order valence-electron chi connectivity index (χ4n) is 2.66. The van der Waals surface area contributed by atoms with E-state index in [1.807, 2.05) is 30.3 Å². The van der Waals surface area contributed by atoms with Crippen molar-refractivity contribution >= 4 is 17.6 Å². The third-order valence-corrected chi connectivity index (χ3v) is 4.30. The lowest BCUT2D eigenvalue weighted by Gasteiger charge is -2.17. The van der Waals surface area contributed by atoms with E-state index in [2.05, 4.69) is 21.7 Å². The van der Waals surface area contributed by atoms with Crippen molar-refractivity contribution in [2.75, 3.05) is 34.9 Å². The first-order valence-corrected chi connectivity index (χ1v) is 8.97. The van der Waals surface area contributed by atoms with Gasteiger partial charge in [0, 0.05) is 30.7 Å². The summed E-state index contributed by atoms with van der Waals surface area (Å²) in [5.41, 5.74) is 2.06. The number of hydrogen-bond acceptors (Lipinski definition) is 4. The van der Waals surface area contributed by atoms with E-state index in [-0.39, 0.29) is 0 Å². The lowest BCUT2D eigenvalue weighted by molar-refractivity contribution is 0.368. The Bertz CT molecular complexity index is 756. The quantitative estimate of drug-likeness (QED) is 0.534. The standard InChI is InChI=1S/C20H26ClN3O3/c1-22-20(23-9-8-14-6-5-7-15(21)10-14)24-13-17-18(26-3)11-16(25-2)12-19(17)27-4/h5-7,10-12H,8-9,13H2,1-4H3,(H2,22,23,24). The number of ether oxygens (including phenoxy) is 3. The molecule has 27 heavy (non-hydrogen) atoms. The summed E-state index contributed by atoms with van der Waals surface area (Å²) in [6.45, 7) is 1.23. The third kappa shape index (κ3) is 5.96. The molecule has 0 fully saturated rings. The fourth-order valence-corrected chi connectivity index (χ4v) is 2.88. The number of nitrogens with one attached hydrogen (secondary N) is 2. The minimum absolute atomic E-state index is 0.493. The Morgan fingerprint density at radius 3 is 2.26 bits per heavy atom. The van der Waals surface area contributed by atoms with Gasteiger partial charge in [-0.15, -0.1) is 0 Å². The summed E-state index contributed by atoms with van der Waals surface area (Å²) in [4.78, 5) is 4.26. The molecule has 6 nitrogen and oxygen atoms in total. The minimum atomic E-state index is 0.493. The molecule has 0 amide bonds. The smallest absolute Gasteiger partial charge is 0.191 e. The Kier molecular flexibility index (Phi) is 8.07. The van der Waals surface area contributed by atoms with Gasteiger partial charge in [0.05, 0.1) is 33.4 Å². The molecule has 0 bridgehead atoms. The van der Waals surface area contributed by atoms with Crippen LogP contribution in [0.2, 0.25) is 5.02 Å². The molecule has 2 aromatic rings. The highest BCUT2D eigenvalue weighted by Crippen LogP contribution is 2.33. The summed E-state index contributed by atoms with van der Waals surface area (Å²) in [6.07, 6.45) is 0.844. The maximum Gasteiger partial charge on any atom is 0.191 e. The van der Waals surface area contributed by atoms with Gasteiger partial charge in [-0.25, -0.2) is 0 Å². The molecule has 2 aromatic carbocycles. The number of hydrogen-bond donors (Lipinski definition) is 2. The first kappa shape index (κ1) is 20.7. The Hall–Kier alpha value is -2.60. The summed E-state index contributed by atoms with van der Waals surface area (Å²) in [5, 5.41) is 7.32. The van der Waals surface area contributed by atoms with Crippen LogP contribution in [0.25, 0.3) is 0 Å². The maximum absolute atomic E-state index is 6.02. The molecule has 0 unspecified atom stereocenters. The minimum Gasteiger partial charge on any atom is -0.496 e. The van der Waals surface area contributed by atoms with E-state index in [4.69, 9.17) is 25.8 Å². The number of guanidine groups is 1. The lowest BCUT2D eigenvalue weighted by atomic mass is 10.1. The van der Waals surface area contributed by atoms with Gasteiger partial charge < -0.3 is 24.8 Å². The van der Waals surface area contributed by atoms with Crippen LogP contribution in [0.4, 0.5) is 0 Å². The Balaban J connectivity index is 1.97. The van der Waals surface area contributed by atoms with Gasteiger partial charge in [-0.05, 0) is 24.1 Å². The zero-order chi connectivity index (χ0) is 19.6. The molecule has 0 spiro atoms. The van der Waals surface area contributed by atoms with Gasteiger partial charge in [0.1, 0.15) is 17.2 Å². The second-order valence-electron chi connectivity index (χ2n) is 5.74. The fraction of sp³-hybridized carbons (Fsp3) is 0.350. The van der Waals surface area contributed by atoms with E-state index in [9.17, 15) is 0 Å². The molecule has 0 saturated heterocycles. The summed E-state index contributed by atoms with van der Waals surface area (Å²) < 4.78 is 16.2. The summed E-state index contributed by atoms with van der Waals surface area (Å²) in [7, 11) is 6.58. The average Bonchev–Trinajstić information content (AvgIpc) is 2.69. The molecule has 0 atom stereocenters. The predicted octanol–water partition coefficient (Wildman–Crippen LogP) is 3.27. The normalized spacial score (nSPS) is 11.1. The van der Waals surface area contributed by atoms with Crippen LogP contribution in [0.3, 0.4) is 0 Å². The highest BCUT2D eigenvalue weighted by molar-refractivity contribution is 6.30. The van der Waals surface area contributed by atoms with Crippen LogP contribution in [-0.4, -0.2) is 40.9 Å². The van der Waals surface area contributed by atoms with Crippen LogP contribution >= 0.6 is 11.6 Å². The molecule has 0 radical (unpaired) electrons. The molecule has 0 aromatic heterocycles. The van der Waals surface area contributed by atoms with Crippen LogP contribution in [0, 0.1) is 0 Å². The van der Waals surface area contributed by atoms with Crippen LogP contribution < -0.4 is 24.8 Å². The van der Waals surface area contributed by atoms with Crippen LogP contribution in [-0.2, 0) is 13.0 Å². The van der Waals surface area contributed by atoms with Crippen molar-refractivity contribution < 1.29 is 14.2 Å². The number of methoxy groups -OCH3 is 3. The van der Waals surface area contributed by atoms with Crippen molar-refractivity contribution in [2.24, 2.45) is 4.99 Å². The first-order valence-electron chi connectivity index (χ1n) is 8.59. The molecule has 2 N–H and O–H groups in total. The SMILES string of the molecule is CN=C(NCCc1cccc(Cl)c1)NCc1c(OC)cc(OC)cc1OC. The summed E-state index contributed by atoms with van der Waals surface area (Å²) >= 11 is 6.02. The van der Waals surface area contributed by atoms with Crippen LogP contribution in [0.15, 0.2) is 41.4 Å². The van der Waals surface area contributed by atoms with Crippen LogP contribution in [0.5, 0.6) is 17.2 Å². The van der Waals surface area contributed by atoms with E-state index in [1.54, 1.807) is 28.4 Å². The van der Waals surface area contributed by atoms with Gasteiger partial charge in [-0.3, -0.25) is 4.99 Å². The van der Waals surface area contributed by atoms with Crippen LogP contribution in [0.1, 0.15) is 11.1 Å². The monoisotopic (exact) mass is 391 g/mol. The third-order valence-electron chi connectivity index (χ3n) is 4.07. The molecule has 2 rings (SSSR count). The summed E-state index contributed by atoms with van der Waals surface area (Å²) in [6, 6.07) is 11.5. The number of rotatable bonds is 8. The molecule has 0 aliphatic heterocycles. The predicted molar refractivity (Wildman–Crippen MR) is 109 cm³/mol. The van der Waals surface area contributed by atoms with Crippen molar-refractivity contribution in [3.63, 3.8) is 0 Å². The Labute approximate surface area is 165 Å². The van der Waals surface area contributed by atoms with Crippen molar-refractivity contribution in [3.05, 3.63) is 52.5 Å². The first-order chi connectivity index (χ1) is 13.1. The largest absolute Gasteiger partial charge is 0.496 e. The average molecular weight is 392 g/mol. The number of halogens is 1. The van der Waals surface area contributed by atoms with Gasteiger partial charge in [0.25, 0.3) is 0 Å². The second kappa shape index (κ2) is 10.5. The zero-order valence-corrected chi connectivity index (χ0v) is 16.9. The Morgan fingerprint density at radius 2 is 1.70 bits per heavy atom. The second-order valence-corrected chi connectivity index (χ2v) is 6.18. The highest BCUT2D eigenvalue weighted by Gasteiger charge is 2.13. The van der Waals surface area contributed by atoms with Crippen molar-refractivity contribution in [3.8, 4) is 17.2 Å². The number of nitrogens with zero attached hydrogens (tertiary/aromatic N) is 1. The molecule has 0 saturated carbocycles. The lowest BCUT2D eigenvalue weighted by Crippen LogP contribution is -2.38. The summed E-state index contributed by atoms with van der Waals surface area (Å²) in [5.74, 6) is 2.74. The van der Waals surface area contributed by atoms with Crippen molar-refractivity contribution in [1.29, 1.82) is 0 Å². The number of aliphatic imine (C=N–C) groups is 1. The van der Waals surface area contributed by atoms with Crippen molar-refractivity contribution in [2.45, 2.75) is 13.0 Å². The molecule has 0 aliphatic rings. The van der Waals surface area contributed by atoms with E-state index in [0.29, 0.717) is 29.8 Å². The Morgan fingerprint density at radius 1 is 1.00 bits per heavy atom. The van der Waals surface area contributed by atoms with E-state index in [1.165, 1.54) is 5.56 Å². The topological polar surface area (TPSA) is 64.1 Å². The molecule has 0 aliphatic carbocycles. The van der Waals surface area contributed by atoms with Gasteiger partial charge in [-0.2, -0.15) is 0 Å². The number of benzene rings is 2. The van der Waals surface area contributed by atoms with Gasteiger partial charge in [0.15, 0.2) is 5.96 Å².